The van der Waals surface area contributed by atoms with Crippen LogP contribution in [0.3, 0.4) is 0 Å². The molecule has 0 saturated carbocycles. The van der Waals surface area contributed by atoms with E-state index in [0.29, 0.717) is 6.42 Å². The molecule has 1 aliphatic heterocycles. The second-order valence-corrected chi connectivity index (χ2v) is 2.69. The Bertz CT molecular complexity index is 261. The molecule has 0 saturated heterocycles. The van der Waals surface area contributed by atoms with Gasteiger partial charge in [0.15, 0.2) is 0 Å². The van der Waals surface area contributed by atoms with E-state index in [1.165, 1.54) is 0 Å². The first kappa shape index (κ1) is 8.78. The highest BCUT2D eigenvalue weighted by Gasteiger charge is 2.12. The summed E-state index contributed by atoms with van der Waals surface area (Å²) >= 11 is 0. The van der Waals surface area contributed by atoms with Crippen LogP contribution in [0.5, 0.6) is 0 Å². The highest BCUT2D eigenvalue weighted by atomic mass is 16.1. The lowest BCUT2D eigenvalue weighted by Gasteiger charge is -2.16. The predicted octanol–water partition coefficient (Wildman–Crippen LogP) is 1.91. The van der Waals surface area contributed by atoms with Crippen LogP contribution in [0.15, 0.2) is 36.1 Å². The molecule has 0 aliphatic carbocycles. The third-order valence-electron chi connectivity index (χ3n) is 1.82. The molecule has 0 spiro atoms. The molecule has 64 valence electrons. The highest BCUT2D eigenvalue weighted by Crippen LogP contribution is 2.16. The van der Waals surface area contributed by atoms with Crippen molar-refractivity contribution in [2.75, 3.05) is 0 Å². The summed E-state index contributed by atoms with van der Waals surface area (Å²) in [6, 6.07) is 0. The molecule has 0 atom stereocenters. The number of hydrogen-bond acceptors (Lipinski definition) is 1. The Morgan fingerprint density at radius 3 is 2.83 bits per heavy atom. The molecule has 0 radical (unpaired) electrons. The predicted molar refractivity (Wildman–Crippen MR) is 49.4 cm³/mol. The van der Waals surface area contributed by atoms with Crippen molar-refractivity contribution in [3.8, 4) is 0 Å². The third-order valence-corrected chi connectivity index (χ3v) is 1.82. The van der Waals surface area contributed by atoms with Crippen molar-refractivity contribution in [1.82, 2.24) is 5.32 Å². The Balaban J connectivity index is 2.91. The minimum absolute atomic E-state index is 0.0914. The van der Waals surface area contributed by atoms with Gasteiger partial charge in [-0.2, -0.15) is 0 Å². The fourth-order valence-electron chi connectivity index (χ4n) is 1.20. The van der Waals surface area contributed by atoms with Crippen LogP contribution in [0.1, 0.15) is 19.8 Å². The number of nitrogens with one attached hydrogen (secondary N) is 1. The highest BCUT2D eigenvalue weighted by molar-refractivity contribution is 5.80. The van der Waals surface area contributed by atoms with Crippen LogP contribution in [0.2, 0.25) is 0 Å². The van der Waals surface area contributed by atoms with Crippen LogP contribution >= 0.6 is 0 Å². The van der Waals surface area contributed by atoms with E-state index in [0.717, 1.165) is 17.7 Å². The van der Waals surface area contributed by atoms with Gasteiger partial charge in [-0.05, 0) is 25.0 Å². The van der Waals surface area contributed by atoms with Crippen molar-refractivity contribution in [3.05, 3.63) is 36.1 Å². The zero-order valence-electron chi connectivity index (χ0n) is 7.26. The molecule has 1 N–H and O–H groups in total. The Hall–Kier alpha value is -1.31. The second kappa shape index (κ2) is 3.90. The second-order valence-electron chi connectivity index (χ2n) is 2.69. The minimum Gasteiger partial charge on any atom is -0.326 e. The van der Waals surface area contributed by atoms with E-state index in [-0.39, 0.29) is 5.91 Å². The number of rotatable bonds is 2. The molecule has 1 aliphatic rings. The SMILES string of the molecule is C=CC1=C(/C=C\C)NC(=O)CC1. The fraction of sp³-hybridized carbons (Fsp3) is 0.300. The topological polar surface area (TPSA) is 29.1 Å². The first-order valence-corrected chi connectivity index (χ1v) is 4.06. The summed E-state index contributed by atoms with van der Waals surface area (Å²) < 4.78 is 0. The molecule has 2 heteroatoms. The van der Waals surface area contributed by atoms with E-state index < -0.39 is 0 Å². The van der Waals surface area contributed by atoms with Gasteiger partial charge in [-0.25, -0.2) is 0 Å². The van der Waals surface area contributed by atoms with Crippen LogP contribution in [-0.2, 0) is 4.79 Å². The number of allylic oxidation sites excluding steroid dienone is 4. The number of amides is 1. The van der Waals surface area contributed by atoms with Gasteiger partial charge in [-0.15, -0.1) is 0 Å². The van der Waals surface area contributed by atoms with Gasteiger partial charge in [-0.3, -0.25) is 4.79 Å². The molecular weight excluding hydrogens is 150 g/mol. The molecule has 0 fully saturated rings. The molecule has 12 heavy (non-hydrogen) atoms. The van der Waals surface area contributed by atoms with E-state index in [1.807, 2.05) is 19.1 Å². The van der Waals surface area contributed by atoms with Crippen molar-refractivity contribution in [2.45, 2.75) is 19.8 Å². The lowest BCUT2D eigenvalue weighted by atomic mass is 10.0. The normalized spacial score (nSPS) is 18.2. The molecule has 0 aromatic heterocycles. The standard InChI is InChI=1S/C10H13NO/c1-3-5-9-8(4-2)6-7-10(12)11-9/h3-5H,2,6-7H2,1H3,(H,11,12)/b5-3-. The largest absolute Gasteiger partial charge is 0.326 e. The van der Waals surface area contributed by atoms with E-state index in [4.69, 9.17) is 0 Å². The maximum absolute atomic E-state index is 11.0. The zero-order chi connectivity index (χ0) is 8.97. The van der Waals surface area contributed by atoms with Gasteiger partial charge in [0.25, 0.3) is 0 Å². The number of carbonyl (C=O) groups is 1. The summed E-state index contributed by atoms with van der Waals surface area (Å²) in [5, 5.41) is 2.80. The van der Waals surface area contributed by atoms with Crippen molar-refractivity contribution in [2.24, 2.45) is 0 Å². The Labute approximate surface area is 72.7 Å². The van der Waals surface area contributed by atoms with Gasteiger partial charge < -0.3 is 5.32 Å². The molecule has 1 amide bonds. The molecule has 0 unspecified atom stereocenters. The lowest BCUT2D eigenvalue weighted by molar-refractivity contribution is -0.120. The fourth-order valence-corrected chi connectivity index (χ4v) is 1.20. The van der Waals surface area contributed by atoms with Crippen LogP contribution < -0.4 is 5.32 Å². The van der Waals surface area contributed by atoms with Gasteiger partial charge >= 0.3 is 0 Å². The smallest absolute Gasteiger partial charge is 0.224 e. The van der Waals surface area contributed by atoms with Crippen LogP contribution in [-0.4, -0.2) is 5.91 Å². The molecule has 0 aromatic carbocycles. The Kier molecular flexibility index (Phi) is 2.86. The molecule has 1 heterocycles. The minimum atomic E-state index is 0.0914. The lowest BCUT2D eigenvalue weighted by Crippen LogP contribution is -2.26. The van der Waals surface area contributed by atoms with E-state index in [9.17, 15) is 4.79 Å². The van der Waals surface area contributed by atoms with Gasteiger partial charge in [0.2, 0.25) is 5.91 Å². The van der Waals surface area contributed by atoms with Crippen LogP contribution in [0.4, 0.5) is 0 Å². The van der Waals surface area contributed by atoms with Crippen molar-refractivity contribution < 1.29 is 4.79 Å². The Morgan fingerprint density at radius 2 is 2.25 bits per heavy atom. The van der Waals surface area contributed by atoms with Crippen molar-refractivity contribution >= 4 is 5.91 Å². The first-order chi connectivity index (χ1) is 5.77. The van der Waals surface area contributed by atoms with E-state index >= 15 is 0 Å². The molecule has 2 nitrogen and oxygen atoms in total. The maximum atomic E-state index is 11.0. The zero-order valence-corrected chi connectivity index (χ0v) is 7.26. The van der Waals surface area contributed by atoms with E-state index in [1.54, 1.807) is 6.08 Å². The van der Waals surface area contributed by atoms with E-state index in [2.05, 4.69) is 11.9 Å². The number of carbonyl (C=O) groups excluding carboxylic acids is 1. The number of hydrogen-bond donors (Lipinski definition) is 1. The molecular formula is C10H13NO. The molecule has 1 rings (SSSR count). The van der Waals surface area contributed by atoms with Crippen molar-refractivity contribution in [3.63, 3.8) is 0 Å². The quantitative estimate of drug-likeness (QED) is 0.662. The van der Waals surface area contributed by atoms with Gasteiger partial charge in [0, 0.05) is 12.1 Å². The summed E-state index contributed by atoms with van der Waals surface area (Å²) in [5.41, 5.74) is 2.01. The monoisotopic (exact) mass is 163 g/mol. The maximum Gasteiger partial charge on any atom is 0.224 e. The Morgan fingerprint density at radius 1 is 1.50 bits per heavy atom. The summed E-state index contributed by atoms with van der Waals surface area (Å²) in [7, 11) is 0. The van der Waals surface area contributed by atoms with Crippen LogP contribution in [0.25, 0.3) is 0 Å². The average Bonchev–Trinajstić information content (AvgIpc) is 2.05. The van der Waals surface area contributed by atoms with Crippen LogP contribution in [0, 0.1) is 0 Å². The van der Waals surface area contributed by atoms with Gasteiger partial charge in [0.05, 0.1) is 0 Å². The third kappa shape index (κ3) is 1.84. The summed E-state index contributed by atoms with van der Waals surface area (Å²) in [6.07, 6.45) is 6.98. The molecule has 0 bridgehead atoms. The summed E-state index contributed by atoms with van der Waals surface area (Å²) in [6.45, 7) is 5.62. The van der Waals surface area contributed by atoms with Gasteiger partial charge in [0.1, 0.15) is 0 Å². The summed E-state index contributed by atoms with van der Waals surface area (Å²) in [5.74, 6) is 0.0914. The summed E-state index contributed by atoms with van der Waals surface area (Å²) in [4.78, 5) is 11.0. The average molecular weight is 163 g/mol. The first-order valence-electron chi connectivity index (χ1n) is 4.06. The van der Waals surface area contributed by atoms with Gasteiger partial charge in [-0.1, -0.05) is 18.7 Å². The van der Waals surface area contributed by atoms with Crippen molar-refractivity contribution in [1.29, 1.82) is 0 Å². The molecule has 0 aromatic rings.